The van der Waals surface area contributed by atoms with Gasteiger partial charge in [-0.3, -0.25) is 10.1 Å². The van der Waals surface area contributed by atoms with Gasteiger partial charge in [0, 0.05) is 22.7 Å². The fourth-order valence-corrected chi connectivity index (χ4v) is 3.42. The number of nitro groups is 1. The summed E-state index contributed by atoms with van der Waals surface area (Å²) in [5.74, 6) is 0. The molecule has 0 aliphatic heterocycles. The topological polar surface area (TPSA) is 67.2 Å². The van der Waals surface area contributed by atoms with Crippen molar-refractivity contribution in [1.29, 1.82) is 0 Å². The SMILES string of the molecule is O=[N+]([O-])c1ccc(NC(=S)N[C@@H](c2ccccc2)c2cccs2)cc1. The number of nitrogens with one attached hydrogen (secondary N) is 2. The van der Waals surface area contributed by atoms with Gasteiger partial charge >= 0.3 is 0 Å². The third-order valence-corrected chi connectivity index (χ3v) is 4.73. The fourth-order valence-electron chi connectivity index (χ4n) is 2.38. The number of rotatable bonds is 5. The molecule has 1 atom stereocenters. The molecule has 0 radical (unpaired) electrons. The Labute approximate surface area is 154 Å². The van der Waals surface area contributed by atoms with E-state index >= 15 is 0 Å². The van der Waals surface area contributed by atoms with Crippen molar-refractivity contribution in [2.45, 2.75) is 6.04 Å². The maximum atomic E-state index is 10.7. The number of benzene rings is 2. The molecule has 1 heterocycles. The molecular weight excluding hydrogens is 354 g/mol. The molecule has 0 aliphatic carbocycles. The molecular formula is C18H15N3O2S2. The van der Waals surface area contributed by atoms with E-state index in [1.807, 2.05) is 41.8 Å². The maximum Gasteiger partial charge on any atom is 0.269 e. The Morgan fingerprint density at radius 3 is 2.36 bits per heavy atom. The molecule has 0 unspecified atom stereocenters. The van der Waals surface area contributed by atoms with Crippen LogP contribution in [0.15, 0.2) is 72.1 Å². The van der Waals surface area contributed by atoms with Crippen LogP contribution >= 0.6 is 23.6 Å². The van der Waals surface area contributed by atoms with Gasteiger partial charge in [0.2, 0.25) is 0 Å². The molecule has 0 amide bonds. The van der Waals surface area contributed by atoms with Crippen molar-refractivity contribution in [3.63, 3.8) is 0 Å². The van der Waals surface area contributed by atoms with Crippen molar-refractivity contribution in [3.05, 3.63) is 92.7 Å². The summed E-state index contributed by atoms with van der Waals surface area (Å²) in [6, 6.07) is 20.2. The van der Waals surface area contributed by atoms with E-state index in [0.717, 1.165) is 10.4 Å². The van der Waals surface area contributed by atoms with Crippen LogP contribution in [0.5, 0.6) is 0 Å². The van der Waals surface area contributed by atoms with E-state index in [9.17, 15) is 10.1 Å². The summed E-state index contributed by atoms with van der Waals surface area (Å²) in [6.45, 7) is 0. The van der Waals surface area contributed by atoms with Crippen LogP contribution in [0.1, 0.15) is 16.5 Å². The second-order valence-corrected chi connectivity index (χ2v) is 6.65. The lowest BCUT2D eigenvalue weighted by Gasteiger charge is -2.20. The number of anilines is 1. The fraction of sp³-hybridized carbons (Fsp3) is 0.0556. The van der Waals surface area contributed by atoms with Crippen molar-refractivity contribution in [1.82, 2.24) is 5.32 Å². The lowest BCUT2D eigenvalue weighted by atomic mass is 10.1. The van der Waals surface area contributed by atoms with Crippen LogP contribution in [0.25, 0.3) is 0 Å². The zero-order valence-electron chi connectivity index (χ0n) is 13.1. The highest BCUT2D eigenvalue weighted by Gasteiger charge is 2.16. The quantitative estimate of drug-likeness (QED) is 0.386. The van der Waals surface area contributed by atoms with Gasteiger partial charge in [0.15, 0.2) is 5.11 Å². The van der Waals surface area contributed by atoms with Crippen molar-refractivity contribution in [3.8, 4) is 0 Å². The van der Waals surface area contributed by atoms with Crippen LogP contribution in [-0.4, -0.2) is 10.0 Å². The number of thiocarbonyl (C=S) groups is 1. The van der Waals surface area contributed by atoms with Crippen LogP contribution in [-0.2, 0) is 0 Å². The van der Waals surface area contributed by atoms with Crippen molar-refractivity contribution < 1.29 is 4.92 Å². The molecule has 5 nitrogen and oxygen atoms in total. The van der Waals surface area contributed by atoms with Gasteiger partial charge in [0.05, 0.1) is 11.0 Å². The average Bonchev–Trinajstić information content (AvgIpc) is 3.15. The van der Waals surface area contributed by atoms with Gasteiger partial charge < -0.3 is 10.6 Å². The Morgan fingerprint density at radius 1 is 1.04 bits per heavy atom. The molecule has 126 valence electrons. The summed E-state index contributed by atoms with van der Waals surface area (Å²) < 4.78 is 0. The maximum absolute atomic E-state index is 10.7. The minimum absolute atomic E-state index is 0.0465. The second-order valence-electron chi connectivity index (χ2n) is 5.26. The Bertz CT molecular complexity index is 850. The summed E-state index contributed by atoms with van der Waals surface area (Å²) in [6.07, 6.45) is 0. The lowest BCUT2D eigenvalue weighted by Crippen LogP contribution is -2.32. The molecule has 0 saturated carbocycles. The summed E-state index contributed by atoms with van der Waals surface area (Å²) in [5.41, 5.74) is 1.85. The highest BCUT2D eigenvalue weighted by atomic mass is 32.1. The van der Waals surface area contributed by atoms with Crippen LogP contribution in [0, 0.1) is 10.1 Å². The predicted molar refractivity (Wildman–Crippen MR) is 105 cm³/mol. The van der Waals surface area contributed by atoms with E-state index in [-0.39, 0.29) is 11.7 Å². The highest BCUT2D eigenvalue weighted by Crippen LogP contribution is 2.26. The van der Waals surface area contributed by atoms with E-state index in [0.29, 0.717) is 10.8 Å². The Morgan fingerprint density at radius 2 is 1.76 bits per heavy atom. The first-order valence-electron chi connectivity index (χ1n) is 7.54. The normalized spacial score (nSPS) is 11.5. The lowest BCUT2D eigenvalue weighted by molar-refractivity contribution is -0.384. The van der Waals surface area contributed by atoms with Gasteiger partial charge in [-0.25, -0.2) is 0 Å². The van der Waals surface area contributed by atoms with E-state index < -0.39 is 4.92 Å². The molecule has 3 aromatic rings. The molecule has 0 spiro atoms. The number of hydrogen-bond acceptors (Lipinski definition) is 4. The van der Waals surface area contributed by atoms with Crippen LogP contribution in [0.4, 0.5) is 11.4 Å². The minimum atomic E-state index is -0.428. The molecule has 0 aliphatic rings. The van der Waals surface area contributed by atoms with Crippen LogP contribution < -0.4 is 10.6 Å². The molecule has 0 bridgehead atoms. The van der Waals surface area contributed by atoms with Crippen molar-refractivity contribution in [2.24, 2.45) is 0 Å². The van der Waals surface area contributed by atoms with Crippen LogP contribution in [0.3, 0.4) is 0 Å². The molecule has 0 saturated heterocycles. The Kier molecular flexibility index (Phi) is 5.37. The third-order valence-electron chi connectivity index (χ3n) is 3.57. The Balaban J connectivity index is 1.73. The van der Waals surface area contributed by atoms with E-state index in [1.54, 1.807) is 23.5 Å². The highest BCUT2D eigenvalue weighted by molar-refractivity contribution is 7.80. The van der Waals surface area contributed by atoms with E-state index in [4.69, 9.17) is 12.2 Å². The van der Waals surface area contributed by atoms with E-state index in [2.05, 4.69) is 16.7 Å². The summed E-state index contributed by atoms with van der Waals surface area (Å²) in [7, 11) is 0. The standard InChI is InChI=1S/C18H15N3O2S2/c22-21(23)15-10-8-14(9-11-15)19-18(24)20-17(16-7-4-12-25-16)13-5-2-1-3-6-13/h1-12,17H,(H2,19,20,24)/t17-/m0/s1. The summed E-state index contributed by atoms with van der Waals surface area (Å²) in [4.78, 5) is 11.4. The molecule has 1 aromatic heterocycles. The monoisotopic (exact) mass is 369 g/mol. The van der Waals surface area contributed by atoms with Gasteiger partial charge in [-0.2, -0.15) is 0 Å². The third kappa shape index (κ3) is 4.40. The van der Waals surface area contributed by atoms with Gasteiger partial charge in [-0.05, 0) is 41.4 Å². The molecule has 3 rings (SSSR count). The van der Waals surface area contributed by atoms with Gasteiger partial charge in [-0.15, -0.1) is 11.3 Å². The predicted octanol–water partition coefficient (Wildman–Crippen LogP) is 4.73. The summed E-state index contributed by atoms with van der Waals surface area (Å²) >= 11 is 7.07. The van der Waals surface area contributed by atoms with Crippen molar-refractivity contribution >= 4 is 40.0 Å². The largest absolute Gasteiger partial charge is 0.351 e. The zero-order valence-corrected chi connectivity index (χ0v) is 14.7. The van der Waals surface area contributed by atoms with Gasteiger partial charge in [0.1, 0.15) is 0 Å². The van der Waals surface area contributed by atoms with Crippen LogP contribution in [0.2, 0.25) is 0 Å². The second kappa shape index (κ2) is 7.87. The molecule has 2 N–H and O–H groups in total. The first kappa shape index (κ1) is 17.1. The smallest absolute Gasteiger partial charge is 0.269 e. The average molecular weight is 369 g/mol. The molecule has 0 fully saturated rings. The first-order valence-corrected chi connectivity index (χ1v) is 8.82. The number of non-ortho nitro benzene ring substituents is 1. The molecule has 7 heteroatoms. The minimum Gasteiger partial charge on any atom is -0.351 e. The number of nitrogens with zero attached hydrogens (tertiary/aromatic N) is 1. The van der Waals surface area contributed by atoms with Gasteiger partial charge in [-0.1, -0.05) is 36.4 Å². The number of nitro benzene ring substituents is 1. The zero-order chi connectivity index (χ0) is 17.6. The molecule has 2 aromatic carbocycles. The van der Waals surface area contributed by atoms with Gasteiger partial charge in [0.25, 0.3) is 5.69 Å². The van der Waals surface area contributed by atoms with E-state index in [1.165, 1.54) is 12.1 Å². The van der Waals surface area contributed by atoms with Crippen molar-refractivity contribution in [2.75, 3.05) is 5.32 Å². The molecule has 25 heavy (non-hydrogen) atoms. The Hall–Kier alpha value is -2.77. The number of hydrogen-bond donors (Lipinski definition) is 2. The number of thiophene rings is 1. The first-order chi connectivity index (χ1) is 12.1. The summed E-state index contributed by atoms with van der Waals surface area (Å²) in [5, 5.41) is 19.6.